The van der Waals surface area contributed by atoms with Crippen LogP contribution in [-0.2, 0) is 24.4 Å². The van der Waals surface area contributed by atoms with Crippen molar-refractivity contribution in [2.75, 3.05) is 13.1 Å². The van der Waals surface area contributed by atoms with E-state index >= 15 is 0 Å². The Bertz CT molecular complexity index is 1000. The number of rotatable bonds is 10. The Morgan fingerprint density at radius 2 is 1.69 bits per heavy atom. The topological polar surface area (TPSA) is 36.7 Å². The Balaban J connectivity index is 1.78. The molecular formula is C25H27F3N2O2. The van der Waals surface area contributed by atoms with Crippen LogP contribution < -0.4 is 0 Å². The van der Waals surface area contributed by atoms with Crippen molar-refractivity contribution in [1.29, 1.82) is 0 Å². The Hall–Kier alpha value is -3.06. The van der Waals surface area contributed by atoms with Crippen LogP contribution in [0.3, 0.4) is 0 Å². The van der Waals surface area contributed by atoms with E-state index in [2.05, 4.69) is 0 Å². The average Bonchev–Trinajstić information content (AvgIpc) is 3.25. The smallest absolute Gasteiger partial charge is 0.237 e. The monoisotopic (exact) mass is 444 g/mol. The van der Waals surface area contributed by atoms with Crippen molar-refractivity contribution in [2.45, 2.75) is 33.5 Å². The zero-order chi connectivity index (χ0) is 23.1. The molecule has 0 aliphatic carbocycles. The van der Waals surface area contributed by atoms with Gasteiger partial charge in [0.15, 0.2) is 11.6 Å². The van der Waals surface area contributed by atoms with Crippen molar-refractivity contribution in [3.8, 4) is 0 Å². The molecule has 1 heterocycles. The number of furan rings is 1. The van der Waals surface area contributed by atoms with Gasteiger partial charge in [0.1, 0.15) is 11.6 Å². The second-order valence-corrected chi connectivity index (χ2v) is 8.23. The van der Waals surface area contributed by atoms with E-state index in [1.807, 2.05) is 18.7 Å². The lowest BCUT2D eigenvalue weighted by Crippen LogP contribution is -2.41. The lowest BCUT2D eigenvalue weighted by molar-refractivity contribution is -0.134. The van der Waals surface area contributed by atoms with Crippen LogP contribution in [0, 0.1) is 23.4 Å². The van der Waals surface area contributed by atoms with Crippen LogP contribution in [0.25, 0.3) is 0 Å². The largest absolute Gasteiger partial charge is 0.467 e. The van der Waals surface area contributed by atoms with Crippen LogP contribution >= 0.6 is 0 Å². The maximum absolute atomic E-state index is 14.2. The van der Waals surface area contributed by atoms with Crippen LogP contribution in [0.5, 0.6) is 0 Å². The minimum atomic E-state index is -0.908. The fourth-order valence-corrected chi connectivity index (χ4v) is 3.54. The van der Waals surface area contributed by atoms with Crippen molar-refractivity contribution in [1.82, 2.24) is 9.80 Å². The number of amides is 1. The molecule has 1 aromatic heterocycles. The van der Waals surface area contributed by atoms with E-state index < -0.39 is 11.6 Å². The zero-order valence-electron chi connectivity index (χ0n) is 18.2. The molecule has 7 heteroatoms. The Morgan fingerprint density at radius 3 is 2.34 bits per heavy atom. The first-order chi connectivity index (χ1) is 15.3. The highest BCUT2D eigenvalue weighted by Gasteiger charge is 2.21. The zero-order valence-corrected chi connectivity index (χ0v) is 18.2. The fourth-order valence-electron chi connectivity index (χ4n) is 3.54. The molecule has 0 aliphatic heterocycles. The molecule has 3 aromatic rings. The van der Waals surface area contributed by atoms with Gasteiger partial charge in [-0.15, -0.1) is 0 Å². The predicted octanol–water partition coefficient (Wildman–Crippen LogP) is 5.38. The normalized spacial score (nSPS) is 11.3. The molecule has 0 bridgehead atoms. The van der Waals surface area contributed by atoms with Crippen molar-refractivity contribution >= 4 is 5.91 Å². The summed E-state index contributed by atoms with van der Waals surface area (Å²) in [4.78, 5) is 16.7. The Kier molecular flexibility index (Phi) is 8.11. The summed E-state index contributed by atoms with van der Waals surface area (Å²) < 4.78 is 46.6. The van der Waals surface area contributed by atoms with E-state index in [0.29, 0.717) is 12.3 Å². The number of carbonyl (C=O) groups excluding carboxylic acids is 1. The summed E-state index contributed by atoms with van der Waals surface area (Å²) in [6.45, 7) is 5.18. The Labute approximate surface area is 186 Å². The predicted molar refractivity (Wildman–Crippen MR) is 116 cm³/mol. The maximum atomic E-state index is 14.2. The van der Waals surface area contributed by atoms with Gasteiger partial charge in [-0.2, -0.15) is 0 Å². The lowest BCUT2D eigenvalue weighted by Gasteiger charge is -2.28. The van der Waals surface area contributed by atoms with Crippen LogP contribution in [0.15, 0.2) is 65.3 Å². The highest BCUT2D eigenvalue weighted by molar-refractivity contribution is 5.78. The SMILES string of the molecule is CC(C)CN(CC(=O)N(Cc1ccc(F)cc1)Cc1ccco1)Cc1cccc(F)c1F. The van der Waals surface area contributed by atoms with E-state index in [9.17, 15) is 18.0 Å². The summed E-state index contributed by atoms with van der Waals surface area (Å²) in [5, 5.41) is 0. The quantitative estimate of drug-likeness (QED) is 0.421. The second kappa shape index (κ2) is 11.0. The first-order valence-electron chi connectivity index (χ1n) is 10.5. The van der Waals surface area contributed by atoms with Gasteiger partial charge in [0.2, 0.25) is 5.91 Å². The van der Waals surface area contributed by atoms with Gasteiger partial charge in [-0.25, -0.2) is 13.2 Å². The van der Waals surface area contributed by atoms with Crippen molar-refractivity contribution < 1.29 is 22.4 Å². The van der Waals surface area contributed by atoms with Gasteiger partial charge in [-0.1, -0.05) is 38.1 Å². The molecule has 0 fully saturated rings. The highest BCUT2D eigenvalue weighted by Crippen LogP contribution is 2.17. The number of nitrogens with zero attached hydrogens (tertiary/aromatic N) is 2. The molecule has 32 heavy (non-hydrogen) atoms. The third kappa shape index (κ3) is 6.72. The highest BCUT2D eigenvalue weighted by atomic mass is 19.2. The van der Waals surface area contributed by atoms with Crippen LogP contribution in [-0.4, -0.2) is 28.8 Å². The molecule has 3 rings (SSSR count). The summed E-state index contributed by atoms with van der Waals surface area (Å²) in [6, 6.07) is 13.5. The molecule has 0 saturated heterocycles. The molecule has 0 aliphatic rings. The molecule has 0 atom stereocenters. The standard InChI is InChI=1S/C25H27F3N2O2/c1-18(2)13-29(15-20-5-3-7-23(27)25(20)28)17-24(31)30(16-22-6-4-12-32-22)14-19-8-10-21(26)11-9-19/h3-12,18H,13-17H2,1-2H3. The third-order valence-electron chi connectivity index (χ3n) is 4.97. The van der Waals surface area contributed by atoms with Gasteiger partial charge in [0, 0.05) is 25.2 Å². The molecule has 2 aromatic carbocycles. The summed E-state index contributed by atoms with van der Waals surface area (Å²) in [5.41, 5.74) is 0.979. The summed E-state index contributed by atoms with van der Waals surface area (Å²) in [5.74, 6) is -1.51. The van der Waals surface area contributed by atoms with Gasteiger partial charge in [0.25, 0.3) is 0 Å². The number of hydrogen-bond donors (Lipinski definition) is 0. The van der Waals surface area contributed by atoms with Crippen molar-refractivity contribution in [3.05, 3.63) is 95.2 Å². The number of carbonyl (C=O) groups is 1. The van der Waals surface area contributed by atoms with Crippen LogP contribution in [0.2, 0.25) is 0 Å². The van der Waals surface area contributed by atoms with E-state index in [1.54, 1.807) is 29.2 Å². The molecule has 0 spiro atoms. The van der Waals surface area contributed by atoms with Gasteiger partial charge >= 0.3 is 0 Å². The maximum Gasteiger partial charge on any atom is 0.237 e. The van der Waals surface area contributed by atoms with E-state index in [-0.39, 0.29) is 49.4 Å². The molecule has 0 radical (unpaired) electrons. The minimum absolute atomic E-state index is 0.0238. The third-order valence-corrected chi connectivity index (χ3v) is 4.97. The van der Waals surface area contributed by atoms with Gasteiger partial charge in [-0.3, -0.25) is 9.69 Å². The van der Waals surface area contributed by atoms with Crippen molar-refractivity contribution in [2.24, 2.45) is 5.92 Å². The number of hydrogen-bond acceptors (Lipinski definition) is 3. The molecule has 0 saturated carbocycles. The Morgan fingerprint density at radius 1 is 0.938 bits per heavy atom. The van der Waals surface area contributed by atoms with Crippen molar-refractivity contribution in [3.63, 3.8) is 0 Å². The van der Waals surface area contributed by atoms with Gasteiger partial charge < -0.3 is 9.32 Å². The fraction of sp³-hybridized carbons (Fsp3) is 0.320. The summed E-state index contributed by atoms with van der Waals surface area (Å²) in [6.07, 6.45) is 1.54. The van der Waals surface area contributed by atoms with Gasteiger partial charge in [-0.05, 0) is 41.8 Å². The van der Waals surface area contributed by atoms with E-state index in [0.717, 1.165) is 11.6 Å². The first-order valence-corrected chi connectivity index (χ1v) is 10.5. The molecule has 4 nitrogen and oxygen atoms in total. The van der Waals surface area contributed by atoms with Crippen LogP contribution in [0.4, 0.5) is 13.2 Å². The van der Waals surface area contributed by atoms with E-state index in [1.165, 1.54) is 30.5 Å². The summed E-state index contributed by atoms with van der Waals surface area (Å²) >= 11 is 0. The molecule has 170 valence electrons. The number of benzene rings is 2. The van der Waals surface area contributed by atoms with Crippen LogP contribution in [0.1, 0.15) is 30.7 Å². The lowest BCUT2D eigenvalue weighted by atomic mass is 10.1. The molecular weight excluding hydrogens is 417 g/mol. The number of halogens is 3. The van der Waals surface area contributed by atoms with E-state index in [4.69, 9.17) is 4.42 Å². The second-order valence-electron chi connectivity index (χ2n) is 8.23. The first kappa shape index (κ1) is 23.6. The summed E-state index contributed by atoms with van der Waals surface area (Å²) in [7, 11) is 0. The minimum Gasteiger partial charge on any atom is -0.467 e. The van der Waals surface area contributed by atoms with Gasteiger partial charge in [0.05, 0.1) is 19.4 Å². The molecule has 0 N–H and O–H groups in total. The average molecular weight is 444 g/mol. The molecule has 0 unspecified atom stereocenters. The molecule has 1 amide bonds.